The van der Waals surface area contributed by atoms with Gasteiger partial charge in [0, 0.05) is 23.8 Å². The Morgan fingerprint density at radius 3 is 1.67 bits per heavy atom. The first-order valence-electron chi connectivity index (χ1n) is 16.6. The van der Waals surface area contributed by atoms with E-state index in [1.807, 2.05) is 91.0 Å². The van der Waals surface area contributed by atoms with Crippen LogP contribution in [0.4, 0.5) is 26.3 Å². The van der Waals surface area contributed by atoms with E-state index in [4.69, 9.17) is 5.53 Å². The number of rotatable bonds is 14. The highest BCUT2D eigenvalue weighted by molar-refractivity contribution is 7.90. The summed E-state index contributed by atoms with van der Waals surface area (Å²) in [5, 5.41) is 8.35. The normalized spacial score (nSPS) is 14.3. The van der Waals surface area contributed by atoms with E-state index in [-0.39, 0.29) is 17.0 Å². The molecule has 54 heavy (non-hydrogen) atoms. The number of halogens is 6. The van der Waals surface area contributed by atoms with Crippen LogP contribution in [0.1, 0.15) is 55.0 Å². The molecule has 0 radical (unpaired) electrons. The molecule has 0 aliphatic rings. The van der Waals surface area contributed by atoms with E-state index < -0.39 is 63.5 Å². The molecule has 5 rings (SSSR count). The first-order valence-corrected chi connectivity index (χ1v) is 17.8. The Balaban J connectivity index is 1.76. The van der Waals surface area contributed by atoms with Crippen LogP contribution >= 0.6 is 0 Å². The Labute approximate surface area is 312 Å². The molecule has 0 fully saturated rings. The second-order valence-electron chi connectivity index (χ2n) is 13.3. The van der Waals surface area contributed by atoms with Crippen LogP contribution in [0, 0.1) is 17.2 Å². The van der Waals surface area contributed by atoms with Crippen molar-refractivity contribution < 1.29 is 35.6 Å². The third-order valence-corrected chi connectivity index (χ3v) is 10.2. The predicted octanol–water partition coefficient (Wildman–Crippen LogP) is 9.81. The van der Waals surface area contributed by atoms with Crippen LogP contribution in [-0.2, 0) is 22.4 Å². The van der Waals surface area contributed by atoms with Crippen molar-refractivity contribution in [1.82, 2.24) is 10.1 Å². The highest BCUT2D eigenvalue weighted by atomic mass is 32.2. The number of alkyl halides is 4. The third-order valence-electron chi connectivity index (χ3n) is 8.56. The van der Waals surface area contributed by atoms with Crippen LogP contribution in [0.5, 0.6) is 5.75 Å². The molecule has 7 nitrogen and oxygen atoms in total. The number of hydrogen-bond acceptors (Lipinski definition) is 6. The highest BCUT2D eigenvalue weighted by Crippen LogP contribution is 2.41. The molecule has 2 atom stereocenters. The van der Waals surface area contributed by atoms with Crippen LogP contribution in [0.25, 0.3) is 0 Å². The van der Waals surface area contributed by atoms with E-state index in [1.54, 1.807) is 20.8 Å². The van der Waals surface area contributed by atoms with Gasteiger partial charge < -0.3 is 9.29 Å². The van der Waals surface area contributed by atoms with Crippen molar-refractivity contribution in [2.45, 2.75) is 55.6 Å². The van der Waals surface area contributed by atoms with Gasteiger partial charge in [-0.25, -0.2) is 14.3 Å². The van der Waals surface area contributed by atoms with Crippen LogP contribution in [0.3, 0.4) is 0 Å². The van der Waals surface area contributed by atoms with Gasteiger partial charge in [-0.2, -0.15) is 22.7 Å². The van der Waals surface area contributed by atoms with E-state index in [0.29, 0.717) is 6.07 Å². The van der Waals surface area contributed by atoms with Crippen molar-refractivity contribution in [3.05, 3.63) is 173 Å². The topological polar surface area (TPSA) is 105 Å². The number of hydrogen-bond donors (Lipinski definition) is 3. The second-order valence-corrected chi connectivity index (χ2v) is 15.3. The maximum absolute atomic E-state index is 15.4. The largest absolute Gasteiger partial charge is 0.598 e. The zero-order chi connectivity index (χ0) is 39.1. The Kier molecular flexibility index (Phi) is 12.2. The Morgan fingerprint density at radius 1 is 0.722 bits per heavy atom. The van der Waals surface area contributed by atoms with Gasteiger partial charge in [0.25, 0.3) is 0 Å². The molecule has 0 saturated carbocycles. The molecule has 14 heteroatoms. The lowest BCUT2D eigenvalue weighted by Crippen LogP contribution is -2.53. The number of benzene rings is 5. The van der Waals surface area contributed by atoms with Gasteiger partial charge >= 0.3 is 12.5 Å². The zero-order valence-electron chi connectivity index (χ0n) is 29.4. The third kappa shape index (κ3) is 8.78. The molecule has 5 aromatic rings. The van der Waals surface area contributed by atoms with Gasteiger partial charge in [-0.15, -0.1) is 9.84 Å². The molecule has 0 heterocycles. The highest BCUT2D eigenvalue weighted by Gasteiger charge is 2.47. The summed E-state index contributed by atoms with van der Waals surface area (Å²) >= 11 is -2.03. The minimum absolute atomic E-state index is 0.121. The van der Waals surface area contributed by atoms with Gasteiger partial charge in [-0.1, -0.05) is 103 Å². The van der Waals surface area contributed by atoms with Crippen LogP contribution in [0.15, 0.2) is 144 Å². The number of ether oxygens (including phenoxy) is 1. The fourth-order valence-electron chi connectivity index (χ4n) is 5.89. The number of hydrazone groups is 1. The molecular weight excluding hydrogens is 729 g/mol. The summed E-state index contributed by atoms with van der Waals surface area (Å²) in [4.78, 5) is 0. The van der Waals surface area contributed by atoms with Crippen molar-refractivity contribution in [2.75, 3.05) is 0 Å². The van der Waals surface area contributed by atoms with E-state index >= 15 is 4.39 Å². The molecule has 0 aromatic heterocycles. The van der Waals surface area contributed by atoms with Crippen LogP contribution in [0.2, 0.25) is 0 Å². The maximum atomic E-state index is 15.4. The fraction of sp³-hybridized carbons (Fsp3) is 0.225. The van der Waals surface area contributed by atoms with E-state index in [2.05, 4.69) is 25.1 Å². The molecule has 282 valence electrons. The number of nitrogens with zero attached hydrogens (tertiary/aromatic N) is 2. The number of nitrogens with one attached hydrogen (secondary N) is 3. The lowest BCUT2D eigenvalue weighted by molar-refractivity contribution is -0.253. The van der Waals surface area contributed by atoms with Gasteiger partial charge in [0.05, 0.1) is 0 Å². The van der Waals surface area contributed by atoms with Crippen molar-refractivity contribution >= 4 is 17.2 Å². The predicted molar refractivity (Wildman–Crippen MR) is 196 cm³/mol. The Hall–Kier alpha value is -5.18. The van der Waals surface area contributed by atoms with Crippen molar-refractivity contribution in [1.29, 1.82) is 5.53 Å². The Morgan fingerprint density at radius 2 is 1.22 bits per heavy atom. The smallest absolute Gasteiger partial charge is 0.461 e. The molecule has 0 spiro atoms. The van der Waals surface area contributed by atoms with Gasteiger partial charge in [-0.3, -0.25) is 5.43 Å². The summed E-state index contributed by atoms with van der Waals surface area (Å²) in [5.74, 6) is -3.07. The monoisotopic (exact) mass is 765 g/mol. The average molecular weight is 766 g/mol. The summed E-state index contributed by atoms with van der Waals surface area (Å²) in [7, 11) is 0. The van der Waals surface area contributed by atoms with E-state index in [0.717, 1.165) is 41.0 Å². The van der Waals surface area contributed by atoms with Gasteiger partial charge in [0.2, 0.25) is 0 Å². The molecule has 1 unspecified atom stereocenters. The Bertz CT molecular complexity index is 1940. The minimum atomic E-state index is -4.99. The van der Waals surface area contributed by atoms with Crippen molar-refractivity contribution in [3.63, 3.8) is 0 Å². The molecule has 0 aliphatic carbocycles. The molecule has 0 saturated heterocycles. The summed E-state index contributed by atoms with van der Waals surface area (Å²) < 4.78 is 105. The summed E-state index contributed by atoms with van der Waals surface area (Å²) in [5.41, 5.74) is 10.5. The molecule has 3 N–H and O–H groups in total. The summed E-state index contributed by atoms with van der Waals surface area (Å²) in [6, 6.07) is 35.0. The van der Waals surface area contributed by atoms with Gasteiger partial charge in [0.15, 0.2) is 5.84 Å². The molecule has 5 aromatic carbocycles. The second kappa shape index (κ2) is 16.5. The average Bonchev–Trinajstić information content (AvgIpc) is 3.15. The SMILES string of the molecule is CC(C)(C)[S+]([O-])N[C@@](C/C(N=N)=N/NC(c1ccccc1)(c1ccccc1)c1ccccc1)(c1ccc(F)cc1)c1cc(F)cc(OC(F)(F)C(F)F)c1. The van der Waals surface area contributed by atoms with Gasteiger partial charge in [0.1, 0.15) is 33.2 Å². The lowest BCUT2D eigenvalue weighted by Gasteiger charge is -2.39. The first kappa shape index (κ1) is 40.0. The number of amidine groups is 1. The molecule has 0 amide bonds. The molecule has 0 bridgehead atoms. The minimum Gasteiger partial charge on any atom is -0.598 e. The van der Waals surface area contributed by atoms with Gasteiger partial charge in [-0.05, 0) is 72.9 Å². The van der Waals surface area contributed by atoms with Crippen LogP contribution in [-0.4, -0.2) is 27.7 Å². The van der Waals surface area contributed by atoms with Crippen molar-refractivity contribution in [3.8, 4) is 5.75 Å². The standard InChI is InChI=1S/C40H37F6N5O2S/c1-37(2,3)54(52)51-38(27-19-21-32(41)22-20-27,31-23-33(42)25-34(24-31)53-40(45,46)36(43)44)26-35(48-47)49-50-39(28-13-7-4-8-14-28,29-15-9-5-10-16-29)30-17-11-6-12-18-30/h4-25,36,47,50-51H,26H2,1-3H3/b48-47?,49-35-/t38-,54?/m0/s1. The maximum Gasteiger partial charge on any atom is 0.461 e. The first-order chi connectivity index (χ1) is 25.6. The molecular formula is C40H37F6N5O2S. The van der Waals surface area contributed by atoms with Crippen molar-refractivity contribution in [2.24, 2.45) is 10.2 Å². The fourth-order valence-corrected chi connectivity index (χ4v) is 6.82. The quantitative estimate of drug-likeness (QED) is 0.0199. The summed E-state index contributed by atoms with van der Waals surface area (Å²) in [6.45, 7) is 4.90. The molecule has 0 aliphatic heterocycles. The summed E-state index contributed by atoms with van der Waals surface area (Å²) in [6.07, 6.45) is -9.77. The lowest BCUT2D eigenvalue weighted by atomic mass is 9.77. The van der Waals surface area contributed by atoms with E-state index in [1.165, 1.54) is 12.1 Å². The van der Waals surface area contributed by atoms with Crippen LogP contribution < -0.4 is 14.9 Å². The zero-order valence-corrected chi connectivity index (χ0v) is 30.2. The van der Waals surface area contributed by atoms with E-state index in [9.17, 15) is 26.5 Å².